The number of carbonyl (C=O) groups is 2. The number of aromatic amines is 1. The second-order valence-electron chi connectivity index (χ2n) is 5.51. The third-order valence-corrected chi connectivity index (χ3v) is 3.83. The monoisotopic (exact) mass is 341 g/mol. The summed E-state index contributed by atoms with van der Waals surface area (Å²) in [6.07, 6.45) is 1.74. The number of carbonyl (C=O) groups excluding carboxylic acids is 2. The molecular weight excluding hydrogens is 325 g/mol. The van der Waals surface area contributed by atoms with Gasteiger partial charge in [-0.3, -0.25) is 4.79 Å². The lowest BCUT2D eigenvalue weighted by Gasteiger charge is -2.16. The van der Waals surface area contributed by atoms with Gasteiger partial charge in [0.1, 0.15) is 11.9 Å². The number of ether oxygens (including phenoxy) is 1. The van der Waals surface area contributed by atoms with E-state index in [0.717, 1.165) is 11.0 Å². The first-order valence-electron chi connectivity index (χ1n) is 7.63. The predicted molar refractivity (Wildman–Crippen MR) is 89.5 cm³/mol. The first-order valence-corrected chi connectivity index (χ1v) is 7.63. The highest BCUT2D eigenvalue weighted by molar-refractivity contribution is 5.99. The van der Waals surface area contributed by atoms with Crippen LogP contribution in [0.15, 0.2) is 48.8 Å². The Morgan fingerprint density at radius 2 is 2.00 bits per heavy atom. The number of nitrogens with zero attached hydrogens (tertiary/aromatic N) is 1. The summed E-state index contributed by atoms with van der Waals surface area (Å²) in [6, 6.07) is 9.86. The molecule has 6 nitrogen and oxygen atoms in total. The van der Waals surface area contributed by atoms with Crippen LogP contribution in [0.4, 0.5) is 4.39 Å². The van der Waals surface area contributed by atoms with E-state index in [0.29, 0.717) is 11.1 Å². The van der Waals surface area contributed by atoms with Crippen molar-refractivity contribution in [3.63, 3.8) is 0 Å². The summed E-state index contributed by atoms with van der Waals surface area (Å²) < 4.78 is 17.8. The third kappa shape index (κ3) is 3.82. The SMILES string of the molecule is COC(=O)C(Cc1ccc(F)cc1)NC(=O)c1ccc2nc[nH]c2c1. The van der Waals surface area contributed by atoms with E-state index in [-0.39, 0.29) is 12.2 Å². The van der Waals surface area contributed by atoms with Crippen molar-refractivity contribution in [1.29, 1.82) is 0 Å². The highest BCUT2D eigenvalue weighted by atomic mass is 19.1. The number of halogens is 1. The number of hydrogen-bond donors (Lipinski definition) is 2. The molecule has 25 heavy (non-hydrogen) atoms. The average Bonchev–Trinajstić information content (AvgIpc) is 3.09. The summed E-state index contributed by atoms with van der Waals surface area (Å²) in [7, 11) is 1.25. The average molecular weight is 341 g/mol. The molecule has 7 heteroatoms. The topological polar surface area (TPSA) is 84.1 Å². The van der Waals surface area contributed by atoms with Crippen LogP contribution in [-0.4, -0.2) is 35.0 Å². The smallest absolute Gasteiger partial charge is 0.328 e. The fraction of sp³-hybridized carbons (Fsp3) is 0.167. The molecule has 2 aromatic carbocycles. The summed E-state index contributed by atoms with van der Waals surface area (Å²) in [6.45, 7) is 0. The fourth-order valence-electron chi connectivity index (χ4n) is 2.51. The Labute approximate surface area is 143 Å². The molecule has 0 aliphatic heterocycles. The van der Waals surface area contributed by atoms with Gasteiger partial charge in [0.2, 0.25) is 0 Å². The van der Waals surface area contributed by atoms with E-state index in [9.17, 15) is 14.0 Å². The number of imidazole rings is 1. The van der Waals surface area contributed by atoms with Crippen LogP contribution in [-0.2, 0) is 16.0 Å². The van der Waals surface area contributed by atoms with Crippen molar-refractivity contribution in [1.82, 2.24) is 15.3 Å². The second-order valence-corrected chi connectivity index (χ2v) is 5.51. The van der Waals surface area contributed by atoms with Gasteiger partial charge >= 0.3 is 5.97 Å². The maximum absolute atomic E-state index is 13.0. The van der Waals surface area contributed by atoms with Crippen LogP contribution < -0.4 is 5.32 Å². The number of fused-ring (bicyclic) bond motifs is 1. The molecular formula is C18H16FN3O3. The molecule has 1 amide bonds. The number of methoxy groups -OCH3 is 1. The summed E-state index contributed by atoms with van der Waals surface area (Å²) in [5.41, 5.74) is 2.57. The number of H-pyrrole nitrogens is 1. The Balaban J connectivity index is 1.77. The van der Waals surface area contributed by atoms with Gasteiger partial charge in [-0.25, -0.2) is 14.2 Å². The largest absolute Gasteiger partial charge is 0.467 e. The Hall–Kier alpha value is -3.22. The van der Waals surface area contributed by atoms with E-state index in [2.05, 4.69) is 15.3 Å². The molecule has 1 unspecified atom stereocenters. The number of benzene rings is 2. The predicted octanol–water partition coefficient (Wildman–Crippen LogP) is 2.22. The summed E-state index contributed by atoms with van der Waals surface area (Å²) in [4.78, 5) is 31.5. The summed E-state index contributed by atoms with van der Waals surface area (Å²) in [5, 5.41) is 2.66. The van der Waals surface area contributed by atoms with Crippen LogP contribution in [0.2, 0.25) is 0 Å². The number of hydrogen-bond acceptors (Lipinski definition) is 4. The van der Waals surface area contributed by atoms with Gasteiger partial charge in [-0.05, 0) is 35.9 Å². The van der Waals surface area contributed by atoms with Gasteiger partial charge in [0.05, 0.1) is 24.5 Å². The Kier molecular flexibility index (Phi) is 4.74. The minimum absolute atomic E-state index is 0.199. The molecule has 0 aliphatic carbocycles. The zero-order valence-corrected chi connectivity index (χ0v) is 13.5. The molecule has 0 aliphatic rings. The van der Waals surface area contributed by atoms with E-state index >= 15 is 0 Å². The molecule has 0 saturated carbocycles. The van der Waals surface area contributed by atoms with Gasteiger partial charge in [-0.15, -0.1) is 0 Å². The van der Waals surface area contributed by atoms with Crippen LogP contribution in [0.25, 0.3) is 11.0 Å². The van der Waals surface area contributed by atoms with E-state index in [1.807, 2.05) is 0 Å². The summed E-state index contributed by atoms with van der Waals surface area (Å²) >= 11 is 0. The van der Waals surface area contributed by atoms with Crippen molar-refractivity contribution < 1.29 is 18.7 Å². The first-order chi connectivity index (χ1) is 12.1. The highest BCUT2D eigenvalue weighted by Gasteiger charge is 2.23. The fourth-order valence-corrected chi connectivity index (χ4v) is 2.51. The molecule has 3 rings (SSSR count). The van der Waals surface area contributed by atoms with Gasteiger partial charge < -0.3 is 15.0 Å². The molecule has 1 atom stereocenters. The van der Waals surface area contributed by atoms with Gasteiger partial charge in [0.15, 0.2) is 0 Å². The standard InChI is InChI=1S/C18H16FN3O3/c1-25-18(24)16(8-11-2-5-13(19)6-3-11)22-17(23)12-4-7-14-15(9-12)21-10-20-14/h2-7,9-10,16H,8H2,1H3,(H,20,21)(H,22,23). The molecule has 0 saturated heterocycles. The van der Waals surface area contributed by atoms with Crippen molar-refractivity contribution in [2.75, 3.05) is 7.11 Å². The molecule has 1 aromatic heterocycles. The van der Waals surface area contributed by atoms with Crippen LogP contribution in [0.1, 0.15) is 15.9 Å². The lowest BCUT2D eigenvalue weighted by molar-refractivity contribution is -0.142. The van der Waals surface area contributed by atoms with Crippen LogP contribution in [0.3, 0.4) is 0 Å². The van der Waals surface area contributed by atoms with E-state index in [4.69, 9.17) is 4.74 Å². The van der Waals surface area contributed by atoms with Gasteiger partial charge in [0.25, 0.3) is 5.91 Å². The normalized spacial score (nSPS) is 11.9. The lowest BCUT2D eigenvalue weighted by Crippen LogP contribution is -2.43. The maximum atomic E-state index is 13.0. The number of rotatable bonds is 5. The van der Waals surface area contributed by atoms with Crippen molar-refractivity contribution in [2.45, 2.75) is 12.5 Å². The van der Waals surface area contributed by atoms with E-state index in [1.165, 1.54) is 25.6 Å². The molecule has 128 valence electrons. The number of esters is 1. The zero-order chi connectivity index (χ0) is 17.8. The number of amides is 1. The second kappa shape index (κ2) is 7.12. The van der Waals surface area contributed by atoms with Crippen LogP contribution in [0.5, 0.6) is 0 Å². The molecule has 0 spiro atoms. The summed E-state index contributed by atoms with van der Waals surface area (Å²) in [5.74, 6) is -1.34. The molecule has 3 aromatic rings. The first kappa shape index (κ1) is 16.6. The molecule has 0 fully saturated rings. The maximum Gasteiger partial charge on any atom is 0.328 e. The minimum atomic E-state index is -0.875. The third-order valence-electron chi connectivity index (χ3n) is 3.83. The molecule has 0 bridgehead atoms. The number of nitrogens with one attached hydrogen (secondary N) is 2. The van der Waals surface area contributed by atoms with E-state index < -0.39 is 17.9 Å². The van der Waals surface area contributed by atoms with Crippen LogP contribution in [0, 0.1) is 5.82 Å². The number of aromatic nitrogens is 2. The lowest BCUT2D eigenvalue weighted by atomic mass is 10.1. The molecule has 2 N–H and O–H groups in total. The van der Waals surface area contributed by atoms with Crippen molar-refractivity contribution in [3.05, 3.63) is 65.7 Å². The quantitative estimate of drug-likeness (QED) is 0.697. The van der Waals surface area contributed by atoms with Crippen molar-refractivity contribution >= 4 is 22.9 Å². The van der Waals surface area contributed by atoms with Crippen molar-refractivity contribution in [2.24, 2.45) is 0 Å². The van der Waals surface area contributed by atoms with Gasteiger partial charge in [0, 0.05) is 12.0 Å². The van der Waals surface area contributed by atoms with Crippen molar-refractivity contribution in [3.8, 4) is 0 Å². The molecule has 1 heterocycles. The van der Waals surface area contributed by atoms with Crippen LogP contribution >= 0.6 is 0 Å². The zero-order valence-electron chi connectivity index (χ0n) is 13.5. The Morgan fingerprint density at radius 1 is 1.24 bits per heavy atom. The van der Waals surface area contributed by atoms with Gasteiger partial charge in [-0.1, -0.05) is 12.1 Å². The Bertz CT molecular complexity index is 905. The highest BCUT2D eigenvalue weighted by Crippen LogP contribution is 2.13. The van der Waals surface area contributed by atoms with E-state index in [1.54, 1.807) is 30.3 Å². The molecule has 0 radical (unpaired) electrons. The minimum Gasteiger partial charge on any atom is -0.467 e. The Morgan fingerprint density at radius 3 is 2.72 bits per heavy atom. The van der Waals surface area contributed by atoms with Gasteiger partial charge in [-0.2, -0.15) is 0 Å².